The Bertz CT molecular complexity index is 3020. The summed E-state index contributed by atoms with van der Waals surface area (Å²) in [5, 5.41) is 213. The number of aliphatic carboxylic acids is 2. The third kappa shape index (κ3) is 34.0. The Hall–Kier alpha value is -4.74. The quantitative estimate of drug-likeness (QED) is 0.0290. The molecule has 29 atom stereocenters. The minimum atomic E-state index is -3.59. The van der Waals surface area contributed by atoms with E-state index in [-0.39, 0.29) is 6.42 Å². The van der Waals surface area contributed by atoms with Gasteiger partial charge in [0, 0.05) is 40.0 Å². The van der Waals surface area contributed by atoms with Crippen LogP contribution < -0.4 is 21.3 Å². The molecule has 0 spiro atoms. The first-order valence-electron chi connectivity index (χ1n) is 44.4. The number of amides is 4. The number of carboxylic acids is 2. The number of unbranched alkanes of at least 4 members (excludes halogenated alkanes) is 28. The molecule has 5 rings (SSSR count). The molecule has 0 aromatic heterocycles. The molecule has 0 aliphatic carbocycles. The van der Waals surface area contributed by atoms with Gasteiger partial charge in [0.15, 0.2) is 18.9 Å². The van der Waals surface area contributed by atoms with Gasteiger partial charge in [-0.15, -0.1) is 0 Å². The number of nitrogens with one attached hydrogen (secondary N) is 4. The lowest BCUT2D eigenvalue weighted by Crippen LogP contribution is -2.72. The second kappa shape index (κ2) is 57.2. The number of hydrogen-bond acceptors (Lipinski definition) is 32. The molecular weight excluding hydrogens is 1610 g/mol. The Morgan fingerprint density at radius 3 is 1.33 bits per heavy atom. The maximum absolute atomic E-state index is 14.2. The zero-order chi connectivity index (χ0) is 90.1. The Morgan fingerprint density at radius 2 is 0.861 bits per heavy atom. The van der Waals surface area contributed by atoms with Crippen molar-refractivity contribution < 1.29 is 168 Å². The summed E-state index contributed by atoms with van der Waals surface area (Å²) in [5.41, 5.74) is 0. The third-order valence-electron chi connectivity index (χ3n) is 23.1. The van der Waals surface area contributed by atoms with Gasteiger partial charge in [0.05, 0.1) is 76.1 Å². The summed E-state index contributed by atoms with van der Waals surface area (Å²) in [4.78, 5) is 79.2. The summed E-state index contributed by atoms with van der Waals surface area (Å²) >= 11 is 0. The number of carbonyl (C=O) groups is 6. The average Bonchev–Trinajstić information content (AvgIpc) is 0.745. The Kier molecular flexibility index (Phi) is 50.6. The highest BCUT2D eigenvalue weighted by atomic mass is 16.8. The van der Waals surface area contributed by atoms with Crippen molar-refractivity contribution >= 4 is 35.6 Å². The van der Waals surface area contributed by atoms with Crippen molar-refractivity contribution in [1.29, 1.82) is 0 Å². The molecule has 5 heterocycles. The summed E-state index contributed by atoms with van der Waals surface area (Å²) in [6.45, 7) is 0.536. The normalized spacial score (nSPS) is 32.3. The zero-order valence-electron chi connectivity index (χ0n) is 71.8. The predicted molar refractivity (Wildman–Crippen MR) is 435 cm³/mol. The first kappa shape index (κ1) is 108. The number of ether oxygens (including phenoxy) is 10. The van der Waals surface area contributed by atoms with Gasteiger partial charge < -0.3 is 161 Å². The van der Waals surface area contributed by atoms with E-state index in [9.17, 15) is 121 Å². The van der Waals surface area contributed by atoms with Crippen LogP contribution in [-0.2, 0) is 76.1 Å². The van der Waals surface area contributed by atoms with E-state index < -0.39 is 265 Å². The topological polar surface area (TPSA) is 607 Å². The number of allylic oxidation sites excluding steroid dienone is 3. The van der Waals surface area contributed by atoms with Gasteiger partial charge in [-0.2, -0.15) is 0 Å². The van der Waals surface area contributed by atoms with Crippen LogP contribution in [0.1, 0.15) is 253 Å². The fraction of sp³-hybridized carbons (Fsp3) is 0.881. The maximum atomic E-state index is 14.2. The van der Waals surface area contributed by atoms with Gasteiger partial charge in [0.2, 0.25) is 23.6 Å². The van der Waals surface area contributed by atoms with Crippen molar-refractivity contribution in [2.45, 2.75) is 430 Å². The monoisotopic (exact) mass is 1760 g/mol. The molecule has 5 aliphatic heterocycles. The molecule has 22 N–H and O–H groups in total. The third-order valence-corrected chi connectivity index (χ3v) is 23.1. The fourth-order valence-corrected chi connectivity index (χ4v) is 16.2. The largest absolute Gasteiger partial charge is 0.477 e. The van der Waals surface area contributed by atoms with Gasteiger partial charge in [-0.25, -0.2) is 9.59 Å². The highest BCUT2D eigenvalue weighted by Gasteiger charge is 2.64. The molecule has 0 saturated carbocycles. The molecule has 38 heteroatoms. The van der Waals surface area contributed by atoms with E-state index in [0.717, 1.165) is 97.8 Å². The molecule has 708 valence electrons. The van der Waals surface area contributed by atoms with Gasteiger partial charge in [-0.05, 0) is 44.9 Å². The van der Waals surface area contributed by atoms with Crippen molar-refractivity contribution in [3.05, 3.63) is 24.3 Å². The van der Waals surface area contributed by atoms with Gasteiger partial charge >= 0.3 is 11.9 Å². The number of carbonyl (C=O) groups excluding carboxylic acids is 4. The van der Waals surface area contributed by atoms with Crippen molar-refractivity contribution in [3.8, 4) is 0 Å². The summed E-state index contributed by atoms with van der Waals surface area (Å²) in [5.74, 6) is -14.6. The smallest absolute Gasteiger partial charge is 0.364 e. The number of aliphatic hydroxyl groups is 16. The van der Waals surface area contributed by atoms with E-state index in [4.69, 9.17) is 47.4 Å². The molecular formula is C84H148N4O34. The molecule has 0 unspecified atom stereocenters. The first-order chi connectivity index (χ1) is 58.3. The standard InChI is InChI=1S/C84H148N4O34/c1-6-8-10-12-14-16-18-20-21-22-23-24-25-26-27-29-31-33-35-37-39-41-62(101)88-53(54(97)40-38-36-34-32-30-28-19-17-15-13-11-9-7-2)49-113-79-71(107)70(106)73(60(47-92)115-79)117-80-72(108)77(74(61(48-93)116-80)118-78-65(87-52(5)96)69(105)67(103)58(45-90)114-78)122-84(82(111)112)43-56(99)64(86-51(4)95)76(121-84)68(104)59(46-91)119-83(81(109)110)42-55(98)63(85-50(3)94)75(120-83)66(102)57(100)44-89/h20-21,38,40,53-61,63-80,89-93,97-100,102-108H,6-19,22-37,39,41-49H2,1-5H3,(H,85,94)(H,86,95)(H,87,96)(H,88,101)(H,109,110)(H,111,112)/b21-20-,40-38+/t53-,54+,55-,56-,57+,58+,59+,60+,61+,63+,64+,65+,66+,67-,68+,69+,70+,71+,72+,73+,74-,75+,76+,77+,78-,79+,80-,83+,84-/m0/s1. The number of hydrogen-bond donors (Lipinski definition) is 22. The van der Waals surface area contributed by atoms with Crippen LogP contribution in [0.5, 0.6) is 0 Å². The van der Waals surface area contributed by atoms with Crippen LogP contribution in [0, 0.1) is 0 Å². The van der Waals surface area contributed by atoms with Crippen molar-refractivity contribution in [3.63, 3.8) is 0 Å². The molecule has 122 heavy (non-hydrogen) atoms. The lowest BCUT2D eigenvalue weighted by molar-refractivity contribution is -0.402. The molecule has 0 aromatic carbocycles. The summed E-state index contributed by atoms with van der Waals surface area (Å²) in [6.07, 6.45) is -10.0. The van der Waals surface area contributed by atoms with E-state index in [1.165, 1.54) is 115 Å². The molecule has 5 saturated heterocycles. The molecule has 0 aromatic rings. The van der Waals surface area contributed by atoms with Gasteiger partial charge in [-0.1, -0.05) is 192 Å². The summed E-state index contributed by atoms with van der Waals surface area (Å²) in [6, 6.07) is -6.83. The zero-order valence-corrected chi connectivity index (χ0v) is 71.8. The minimum absolute atomic E-state index is 0.109. The van der Waals surface area contributed by atoms with E-state index in [1.807, 2.05) is 0 Å². The first-order valence-corrected chi connectivity index (χ1v) is 44.4. The number of aliphatic hydroxyl groups excluding tert-OH is 16. The average molecular weight is 1760 g/mol. The lowest BCUT2D eigenvalue weighted by atomic mass is 9.87. The lowest BCUT2D eigenvalue weighted by Gasteiger charge is -2.52. The van der Waals surface area contributed by atoms with Gasteiger partial charge in [0.25, 0.3) is 11.6 Å². The number of carboxylic acid groups (broad SMARTS) is 2. The van der Waals surface area contributed by atoms with Crippen LogP contribution >= 0.6 is 0 Å². The van der Waals surface area contributed by atoms with Crippen molar-refractivity contribution in [1.82, 2.24) is 21.3 Å². The van der Waals surface area contributed by atoms with Gasteiger partial charge in [-0.3, -0.25) is 19.2 Å². The Labute approximate surface area is 715 Å². The van der Waals surface area contributed by atoms with E-state index >= 15 is 0 Å². The van der Waals surface area contributed by atoms with Crippen LogP contribution in [-0.4, -0.2) is 344 Å². The summed E-state index contributed by atoms with van der Waals surface area (Å²) in [7, 11) is 0. The van der Waals surface area contributed by atoms with Gasteiger partial charge in [0.1, 0.15) is 110 Å². The van der Waals surface area contributed by atoms with E-state index in [0.29, 0.717) is 12.8 Å². The van der Waals surface area contributed by atoms with Crippen LogP contribution in [0.2, 0.25) is 0 Å². The van der Waals surface area contributed by atoms with Crippen LogP contribution in [0.25, 0.3) is 0 Å². The highest BCUT2D eigenvalue weighted by molar-refractivity contribution is 5.78. The highest BCUT2D eigenvalue weighted by Crippen LogP contribution is 2.43. The molecule has 0 bridgehead atoms. The predicted octanol–water partition coefficient (Wildman–Crippen LogP) is 0.424. The SMILES string of the molecule is CCCCCCCC/C=C\CCCCCCCCCCCCCC(=O)N[C@@H](CO[C@@H]1O[C@H](CO)[C@@H](O[C@@H]2O[C@H](CO)[C@H](O[C@@H]3O[C@H](CO)[C@H](O)[C@H](O)[C@H]3NC(C)=O)[C@H](O[C@]3(C(=O)O)C[C@H](O)[C@@H](NC(C)=O)[C@H]([C@H](O)[C@@H](CO)O[C@]4(C(=O)O)C[C@H](O)[C@@H](NC(C)=O)[C@H]([C@H](O)[C@H](O)CO)O4)O3)[C@H]2O)[C@H](O)[C@H]1O)[C@H](O)/C=C/CCCCCCCCCCCCC. The van der Waals surface area contributed by atoms with Crippen LogP contribution in [0.4, 0.5) is 0 Å². The Morgan fingerprint density at radius 1 is 0.443 bits per heavy atom. The van der Waals surface area contributed by atoms with Crippen molar-refractivity contribution in [2.75, 3.05) is 39.6 Å². The van der Waals surface area contributed by atoms with Crippen molar-refractivity contribution in [2.24, 2.45) is 0 Å². The number of rotatable bonds is 61. The fourth-order valence-electron chi connectivity index (χ4n) is 16.2. The molecule has 4 amide bonds. The molecule has 5 fully saturated rings. The summed E-state index contributed by atoms with van der Waals surface area (Å²) < 4.78 is 60.0. The van der Waals surface area contributed by atoms with E-state index in [1.54, 1.807) is 6.08 Å². The van der Waals surface area contributed by atoms with Crippen LogP contribution in [0.15, 0.2) is 24.3 Å². The maximum Gasteiger partial charge on any atom is 0.364 e. The second-order valence-corrected chi connectivity index (χ2v) is 33.2. The van der Waals surface area contributed by atoms with Crippen LogP contribution in [0.3, 0.4) is 0 Å². The molecule has 5 aliphatic rings. The molecule has 38 nitrogen and oxygen atoms in total. The second-order valence-electron chi connectivity index (χ2n) is 33.2. The van der Waals surface area contributed by atoms with E-state index in [2.05, 4.69) is 47.3 Å². The minimum Gasteiger partial charge on any atom is -0.477 e. The molecule has 0 radical (unpaired) electrons. The Balaban J connectivity index is 1.39.